The fourth-order valence-electron chi connectivity index (χ4n) is 4.13. The molecule has 1 aliphatic heterocycles. The number of benzene rings is 2. The molecule has 1 amide bonds. The molecule has 2 aromatic rings. The zero-order valence-corrected chi connectivity index (χ0v) is 20.9. The molecule has 0 aromatic heterocycles. The smallest absolute Gasteiger partial charge is 0.243 e. The first kappa shape index (κ1) is 26.4. The Hall–Kier alpha value is -3.19. The van der Waals surface area contributed by atoms with E-state index in [4.69, 9.17) is 10.00 Å². The minimum atomic E-state index is -3.67. The second-order valence-electron chi connectivity index (χ2n) is 8.50. The Morgan fingerprint density at radius 3 is 2.60 bits per heavy atom. The standard InChI is InChI=1S/C26H32N4O4S/c1-3-13-29(19-22-10-8-9-21(16-22)18-27)20-26(31)28-24-17-23(11-12-25(24)34-2)35(32,33)30-14-6-4-5-7-15-30/h3,8-12,16-17H,1,4-7,13-15,19-20H2,2H3,(H,28,31). The van der Waals surface area contributed by atoms with Gasteiger partial charge in [-0.05, 0) is 48.7 Å². The average Bonchev–Trinajstić information content (AvgIpc) is 3.14. The van der Waals surface area contributed by atoms with E-state index < -0.39 is 10.0 Å². The molecule has 0 unspecified atom stereocenters. The van der Waals surface area contributed by atoms with Crippen LogP contribution in [-0.2, 0) is 21.4 Å². The van der Waals surface area contributed by atoms with Gasteiger partial charge in [0.05, 0.1) is 35.9 Å². The van der Waals surface area contributed by atoms with Crippen LogP contribution >= 0.6 is 0 Å². The number of carbonyl (C=O) groups is 1. The van der Waals surface area contributed by atoms with Gasteiger partial charge >= 0.3 is 0 Å². The van der Waals surface area contributed by atoms with Crippen LogP contribution in [0.1, 0.15) is 36.8 Å². The fourth-order valence-corrected chi connectivity index (χ4v) is 5.68. The molecule has 9 heteroatoms. The number of rotatable bonds is 10. The van der Waals surface area contributed by atoms with Crippen LogP contribution in [0.4, 0.5) is 5.69 Å². The van der Waals surface area contributed by atoms with Crippen LogP contribution in [0.15, 0.2) is 60.0 Å². The summed E-state index contributed by atoms with van der Waals surface area (Å²) in [5.74, 6) is 0.0658. The molecule has 1 N–H and O–H groups in total. The summed E-state index contributed by atoms with van der Waals surface area (Å²) in [5.41, 5.74) is 1.76. The lowest BCUT2D eigenvalue weighted by Crippen LogP contribution is -2.33. The number of ether oxygens (including phenoxy) is 1. The number of anilines is 1. The largest absolute Gasteiger partial charge is 0.495 e. The van der Waals surface area contributed by atoms with E-state index in [9.17, 15) is 13.2 Å². The van der Waals surface area contributed by atoms with Crippen LogP contribution in [0.2, 0.25) is 0 Å². The lowest BCUT2D eigenvalue weighted by molar-refractivity contribution is -0.117. The minimum Gasteiger partial charge on any atom is -0.495 e. The lowest BCUT2D eigenvalue weighted by Gasteiger charge is -2.22. The Balaban J connectivity index is 1.76. The highest BCUT2D eigenvalue weighted by molar-refractivity contribution is 7.89. The summed E-state index contributed by atoms with van der Waals surface area (Å²) in [6, 6.07) is 13.9. The first-order valence-electron chi connectivity index (χ1n) is 11.7. The molecule has 0 atom stereocenters. The fraction of sp³-hybridized carbons (Fsp3) is 0.385. The second kappa shape index (κ2) is 12.5. The van der Waals surface area contributed by atoms with E-state index in [1.54, 1.807) is 30.3 Å². The van der Waals surface area contributed by atoms with E-state index in [2.05, 4.69) is 18.0 Å². The van der Waals surface area contributed by atoms with Gasteiger partial charge in [0.1, 0.15) is 5.75 Å². The van der Waals surface area contributed by atoms with Gasteiger partial charge in [-0.3, -0.25) is 9.69 Å². The topological polar surface area (TPSA) is 103 Å². The van der Waals surface area contributed by atoms with Crippen molar-refractivity contribution in [3.8, 4) is 11.8 Å². The van der Waals surface area contributed by atoms with Crippen molar-refractivity contribution in [1.29, 1.82) is 5.26 Å². The molecule has 0 saturated carbocycles. The van der Waals surface area contributed by atoms with Crippen molar-refractivity contribution < 1.29 is 17.9 Å². The second-order valence-corrected chi connectivity index (χ2v) is 10.4. The van der Waals surface area contributed by atoms with Gasteiger partial charge in [0.2, 0.25) is 15.9 Å². The van der Waals surface area contributed by atoms with Gasteiger partial charge in [0.15, 0.2) is 0 Å². The maximum absolute atomic E-state index is 13.2. The Bertz CT molecular complexity index is 1180. The Morgan fingerprint density at radius 2 is 1.94 bits per heavy atom. The molecule has 2 aromatic carbocycles. The maximum Gasteiger partial charge on any atom is 0.243 e. The van der Waals surface area contributed by atoms with Crippen LogP contribution in [0.5, 0.6) is 5.75 Å². The van der Waals surface area contributed by atoms with E-state index >= 15 is 0 Å². The van der Waals surface area contributed by atoms with Gasteiger partial charge in [0, 0.05) is 26.2 Å². The van der Waals surface area contributed by atoms with E-state index in [1.807, 2.05) is 11.0 Å². The van der Waals surface area contributed by atoms with E-state index in [-0.39, 0.29) is 17.3 Å². The van der Waals surface area contributed by atoms with Gasteiger partial charge in [0.25, 0.3) is 0 Å². The molecular formula is C26H32N4O4S. The molecule has 1 fully saturated rings. The Kier molecular flexibility index (Phi) is 9.43. The van der Waals surface area contributed by atoms with Crippen LogP contribution in [0.3, 0.4) is 0 Å². The van der Waals surface area contributed by atoms with Crippen molar-refractivity contribution in [2.75, 3.05) is 38.6 Å². The number of sulfonamides is 1. The number of amides is 1. The van der Waals surface area contributed by atoms with Crippen molar-refractivity contribution in [3.63, 3.8) is 0 Å². The third kappa shape index (κ3) is 7.15. The number of nitriles is 1. The first-order chi connectivity index (χ1) is 16.9. The van der Waals surface area contributed by atoms with E-state index in [0.717, 1.165) is 31.2 Å². The summed E-state index contributed by atoms with van der Waals surface area (Å²) in [6.07, 6.45) is 5.44. The minimum absolute atomic E-state index is 0.0507. The third-order valence-electron chi connectivity index (χ3n) is 5.86. The molecule has 35 heavy (non-hydrogen) atoms. The van der Waals surface area contributed by atoms with E-state index in [1.165, 1.54) is 23.5 Å². The summed E-state index contributed by atoms with van der Waals surface area (Å²) < 4.78 is 33.3. The molecule has 1 aliphatic rings. The molecule has 0 radical (unpaired) electrons. The summed E-state index contributed by atoms with van der Waals surface area (Å²) in [4.78, 5) is 14.9. The average molecular weight is 497 g/mol. The summed E-state index contributed by atoms with van der Waals surface area (Å²) in [6.45, 7) is 5.73. The zero-order chi connectivity index (χ0) is 25.3. The molecule has 1 heterocycles. The molecule has 0 aliphatic carbocycles. The summed E-state index contributed by atoms with van der Waals surface area (Å²) >= 11 is 0. The van der Waals surface area contributed by atoms with Gasteiger partial charge in [-0.2, -0.15) is 9.57 Å². The van der Waals surface area contributed by atoms with Crippen molar-refractivity contribution >= 4 is 21.6 Å². The van der Waals surface area contributed by atoms with E-state index in [0.29, 0.717) is 43.2 Å². The molecule has 1 saturated heterocycles. The normalized spacial score (nSPS) is 14.7. The summed E-state index contributed by atoms with van der Waals surface area (Å²) in [5, 5.41) is 11.9. The monoisotopic (exact) mass is 496 g/mol. The predicted octanol–water partition coefficient (Wildman–Crippen LogP) is 3.76. The van der Waals surface area contributed by atoms with Crippen LogP contribution < -0.4 is 10.1 Å². The summed E-state index contributed by atoms with van der Waals surface area (Å²) in [7, 11) is -2.20. The molecule has 8 nitrogen and oxygen atoms in total. The highest BCUT2D eigenvalue weighted by Gasteiger charge is 2.26. The molecular weight excluding hydrogens is 464 g/mol. The maximum atomic E-state index is 13.2. The van der Waals surface area contributed by atoms with Crippen molar-refractivity contribution in [2.45, 2.75) is 37.1 Å². The quantitative estimate of drug-likeness (QED) is 0.503. The number of hydrogen-bond donors (Lipinski definition) is 1. The van der Waals surface area contributed by atoms with Gasteiger partial charge < -0.3 is 10.1 Å². The number of hydrogen-bond acceptors (Lipinski definition) is 6. The predicted molar refractivity (Wildman–Crippen MR) is 135 cm³/mol. The van der Waals surface area contributed by atoms with Crippen molar-refractivity contribution in [3.05, 3.63) is 66.2 Å². The Labute approximate surface area is 207 Å². The SMILES string of the molecule is C=CCN(CC(=O)Nc1cc(S(=O)(=O)N2CCCCCC2)ccc1OC)Cc1cccc(C#N)c1. The molecule has 186 valence electrons. The van der Waals surface area contributed by atoms with Crippen LogP contribution in [0, 0.1) is 11.3 Å². The Morgan fingerprint density at radius 1 is 1.20 bits per heavy atom. The van der Waals surface area contributed by atoms with Gasteiger partial charge in [-0.15, -0.1) is 6.58 Å². The number of methoxy groups -OCH3 is 1. The van der Waals surface area contributed by atoms with Crippen LogP contribution in [0.25, 0.3) is 0 Å². The van der Waals surface area contributed by atoms with Crippen molar-refractivity contribution in [1.82, 2.24) is 9.21 Å². The first-order valence-corrected chi connectivity index (χ1v) is 13.1. The van der Waals surface area contributed by atoms with Gasteiger partial charge in [-0.25, -0.2) is 8.42 Å². The lowest BCUT2D eigenvalue weighted by atomic mass is 10.1. The molecule has 0 spiro atoms. The number of nitrogens with one attached hydrogen (secondary N) is 1. The number of nitrogens with zero attached hydrogens (tertiary/aromatic N) is 3. The zero-order valence-electron chi connectivity index (χ0n) is 20.1. The van der Waals surface area contributed by atoms with Crippen LogP contribution in [-0.4, -0.2) is 56.8 Å². The number of carbonyl (C=O) groups excluding carboxylic acids is 1. The highest BCUT2D eigenvalue weighted by Crippen LogP contribution is 2.30. The van der Waals surface area contributed by atoms with Crippen molar-refractivity contribution in [2.24, 2.45) is 0 Å². The molecule has 3 rings (SSSR count). The van der Waals surface area contributed by atoms with Gasteiger partial charge in [-0.1, -0.05) is 31.1 Å². The molecule has 0 bridgehead atoms. The third-order valence-corrected chi connectivity index (χ3v) is 7.76. The highest BCUT2D eigenvalue weighted by atomic mass is 32.2.